The van der Waals surface area contributed by atoms with E-state index in [-0.39, 0.29) is 17.7 Å². The van der Waals surface area contributed by atoms with Crippen molar-refractivity contribution >= 4 is 36.0 Å². The fourth-order valence-corrected chi connectivity index (χ4v) is 4.50. The zero-order valence-electron chi connectivity index (χ0n) is 18.1. The predicted molar refractivity (Wildman–Crippen MR) is 121 cm³/mol. The van der Waals surface area contributed by atoms with E-state index in [9.17, 15) is 24.0 Å². The number of aldehydes is 2. The first kappa shape index (κ1) is 22.4. The maximum Gasteiger partial charge on any atom is 0.254 e. The summed E-state index contributed by atoms with van der Waals surface area (Å²) in [6.45, 7) is 0.937. The van der Waals surface area contributed by atoms with Crippen LogP contribution in [-0.4, -0.2) is 65.3 Å². The lowest BCUT2D eigenvalue weighted by atomic mass is 10.1. The summed E-state index contributed by atoms with van der Waals surface area (Å²) in [5, 5.41) is 2.82. The molecule has 2 saturated heterocycles. The van der Waals surface area contributed by atoms with Crippen LogP contribution in [0.3, 0.4) is 0 Å². The van der Waals surface area contributed by atoms with Crippen molar-refractivity contribution in [2.45, 2.75) is 37.8 Å². The van der Waals surface area contributed by atoms with Crippen LogP contribution in [0.1, 0.15) is 56.8 Å². The van der Waals surface area contributed by atoms with Crippen LogP contribution in [0.2, 0.25) is 0 Å². The van der Waals surface area contributed by atoms with Gasteiger partial charge in [0.2, 0.25) is 11.8 Å². The Balaban J connectivity index is 1.45. The minimum atomic E-state index is -0.608. The van der Waals surface area contributed by atoms with E-state index in [4.69, 9.17) is 0 Å². The standard InChI is InChI=1S/C25H25N3O5/c29-15-17-5-9-19(10-6-17)24(32)28-14-2-4-22(28)25(33)27-13-1-3-21(27)23(31)26-20-11-7-18(16-30)8-12-20/h5-12,15-16,21-22H,1-4,13-14H2,(H,26,31)/t21-,22-/m0/s1. The van der Waals surface area contributed by atoms with E-state index >= 15 is 0 Å². The third-order valence-corrected chi connectivity index (χ3v) is 6.25. The first-order valence-electron chi connectivity index (χ1n) is 11.0. The summed E-state index contributed by atoms with van der Waals surface area (Å²) in [4.78, 5) is 64.2. The molecule has 0 saturated carbocycles. The average Bonchev–Trinajstić information content (AvgIpc) is 3.54. The highest BCUT2D eigenvalue weighted by Crippen LogP contribution is 2.27. The minimum absolute atomic E-state index is 0.209. The van der Waals surface area contributed by atoms with Gasteiger partial charge in [0.1, 0.15) is 24.7 Å². The highest BCUT2D eigenvalue weighted by Gasteiger charge is 2.42. The molecule has 2 heterocycles. The predicted octanol–water partition coefficient (Wildman–Crippen LogP) is 2.55. The van der Waals surface area contributed by atoms with Gasteiger partial charge in [-0.1, -0.05) is 12.1 Å². The summed E-state index contributed by atoms with van der Waals surface area (Å²) in [6.07, 6.45) is 3.97. The molecule has 1 N–H and O–H groups in total. The molecule has 4 rings (SSSR count). The number of hydrogen-bond donors (Lipinski definition) is 1. The fraction of sp³-hybridized carbons (Fsp3) is 0.320. The van der Waals surface area contributed by atoms with E-state index in [1.54, 1.807) is 58.3 Å². The maximum atomic E-state index is 13.4. The third kappa shape index (κ3) is 4.69. The van der Waals surface area contributed by atoms with Gasteiger partial charge >= 0.3 is 0 Å². The van der Waals surface area contributed by atoms with Crippen LogP contribution in [0.25, 0.3) is 0 Å². The highest BCUT2D eigenvalue weighted by molar-refractivity contribution is 6.01. The Morgan fingerprint density at radius 3 is 1.91 bits per heavy atom. The molecule has 3 amide bonds. The first-order chi connectivity index (χ1) is 16.0. The Kier molecular flexibility index (Phi) is 6.63. The Hall–Kier alpha value is -3.81. The second-order valence-electron chi connectivity index (χ2n) is 8.32. The third-order valence-electron chi connectivity index (χ3n) is 6.25. The van der Waals surface area contributed by atoms with Gasteiger partial charge in [0.05, 0.1) is 0 Å². The van der Waals surface area contributed by atoms with Crippen molar-refractivity contribution in [2.75, 3.05) is 18.4 Å². The van der Waals surface area contributed by atoms with Crippen molar-refractivity contribution in [3.63, 3.8) is 0 Å². The quantitative estimate of drug-likeness (QED) is 0.686. The molecule has 2 aromatic carbocycles. The normalized spacial score (nSPS) is 19.9. The lowest BCUT2D eigenvalue weighted by molar-refractivity contribution is -0.139. The zero-order valence-corrected chi connectivity index (χ0v) is 18.1. The molecule has 0 unspecified atom stereocenters. The molecule has 2 aliphatic heterocycles. The van der Waals surface area contributed by atoms with E-state index < -0.39 is 12.1 Å². The Labute approximate surface area is 191 Å². The van der Waals surface area contributed by atoms with Gasteiger partial charge < -0.3 is 15.1 Å². The summed E-state index contributed by atoms with van der Waals surface area (Å²) in [6, 6.07) is 11.7. The topological polar surface area (TPSA) is 104 Å². The fourth-order valence-electron chi connectivity index (χ4n) is 4.50. The smallest absolute Gasteiger partial charge is 0.254 e. The molecule has 8 nitrogen and oxygen atoms in total. The van der Waals surface area contributed by atoms with E-state index in [0.717, 1.165) is 6.29 Å². The van der Waals surface area contributed by atoms with Crippen LogP contribution in [-0.2, 0) is 9.59 Å². The largest absolute Gasteiger partial charge is 0.329 e. The number of carbonyl (C=O) groups excluding carboxylic acids is 5. The van der Waals surface area contributed by atoms with Gasteiger partial charge in [0, 0.05) is 35.5 Å². The Morgan fingerprint density at radius 2 is 1.30 bits per heavy atom. The lowest BCUT2D eigenvalue weighted by Crippen LogP contribution is -2.51. The average molecular weight is 447 g/mol. The number of rotatable bonds is 6. The number of nitrogens with one attached hydrogen (secondary N) is 1. The molecule has 2 aromatic rings. The molecule has 2 aliphatic rings. The molecule has 33 heavy (non-hydrogen) atoms. The van der Waals surface area contributed by atoms with Gasteiger partial charge in [-0.25, -0.2) is 0 Å². The molecule has 0 aliphatic carbocycles. The van der Waals surface area contributed by atoms with Crippen LogP contribution < -0.4 is 5.32 Å². The molecule has 0 radical (unpaired) electrons. The van der Waals surface area contributed by atoms with Crippen molar-refractivity contribution in [1.82, 2.24) is 9.80 Å². The first-order valence-corrected chi connectivity index (χ1v) is 11.0. The molecule has 2 atom stereocenters. The van der Waals surface area contributed by atoms with Gasteiger partial charge in [-0.15, -0.1) is 0 Å². The number of likely N-dealkylation sites (tertiary alicyclic amines) is 2. The van der Waals surface area contributed by atoms with Crippen molar-refractivity contribution in [3.8, 4) is 0 Å². The van der Waals surface area contributed by atoms with E-state index in [1.807, 2.05) is 0 Å². The summed E-state index contributed by atoms with van der Waals surface area (Å²) in [7, 11) is 0. The molecule has 170 valence electrons. The number of hydrogen-bond acceptors (Lipinski definition) is 5. The van der Waals surface area contributed by atoms with Crippen LogP contribution in [0.4, 0.5) is 5.69 Å². The van der Waals surface area contributed by atoms with Crippen LogP contribution in [0.5, 0.6) is 0 Å². The monoisotopic (exact) mass is 447 g/mol. The van der Waals surface area contributed by atoms with Gasteiger partial charge in [-0.2, -0.15) is 0 Å². The number of benzene rings is 2. The van der Waals surface area contributed by atoms with Crippen molar-refractivity contribution < 1.29 is 24.0 Å². The Bertz CT molecular complexity index is 1060. The van der Waals surface area contributed by atoms with Crippen molar-refractivity contribution in [3.05, 3.63) is 65.2 Å². The van der Waals surface area contributed by atoms with E-state index in [1.165, 1.54) is 0 Å². The zero-order chi connectivity index (χ0) is 23.4. The number of nitrogens with zero attached hydrogens (tertiary/aromatic N) is 2. The molecule has 0 spiro atoms. The highest BCUT2D eigenvalue weighted by atomic mass is 16.2. The summed E-state index contributed by atoms with van der Waals surface area (Å²) < 4.78 is 0. The van der Waals surface area contributed by atoms with Crippen LogP contribution in [0.15, 0.2) is 48.5 Å². The summed E-state index contributed by atoms with van der Waals surface area (Å²) in [5.74, 6) is -0.738. The minimum Gasteiger partial charge on any atom is -0.329 e. The van der Waals surface area contributed by atoms with E-state index in [0.29, 0.717) is 67.4 Å². The van der Waals surface area contributed by atoms with Crippen molar-refractivity contribution in [1.29, 1.82) is 0 Å². The van der Waals surface area contributed by atoms with Crippen LogP contribution >= 0.6 is 0 Å². The molecular formula is C25H25N3O5. The van der Waals surface area contributed by atoms with E-state index in [2.05, 4.69) is 5.32 Å². The van der Waals surface area contributed by atoms with Crippen molar-refractivity contribution in [2.24, 2.45) is 0 Å². The van der Waals surface area contributed by atoms with Gasteiger partial charge in [0.25, 0.3) is 5.91 Å². The molecular weight excluding hydrogens is 422 g/mol. The second kappa shape index (κ2) is 9.77. The summed E-state index contributed by atoms with van der Waals surface area (Å²) in [5.41, 5.74) is 1.97. The van der Waals surface area contributed by atoms with Gasteiger partial charge in [-0.3, -0.25) is 24.0 Å². The maximum absolute atomic E-state index is 13.4. The lowest BCUT2D eigenvalue weighted by Gasteiger charge is -2.31. The molecule has 2 fully saturated rings. The number of carbonyl (C=O) groups is 5. The second-order valence-corrected chi connectivity index (χ2v) is 8.32. The molecule has 0 bridgehead atoms. The SMILES string of the molecule is O=Cc1ccc(NC(=O)[C@@H]2CCCN2C(=O)[C@@H]2CCCN2C(=O)c2ccc(C=O)cc2)cc1. The Morgan fingerprint density at radius 1 is 0.758 bits per heavy atom. The van der Waals surface area contributed by atoms with Gasteiger partial charge in [-0.05, 0) is 62.1 Å². The number of anilines is 1. The summed E-state index contributed by atoms with van der Waals surface area (Å²) >= 11 is 0. The van der Waals surface area contributed by atoms with Gasteiger partial charge in [0.15, 0.2) is 0 Å². The number of amides is 3. The molecule has 0 aromatic heterocycles. The van der Waals surface area contributed by atoms with Crippen LogP contribution in [0, 0.1) is 0 Å². The molecule has 8 heteroatoms.